The van der Waals surface area contributed by atoms with Crippen LogP contribution in [0.3, 0.4) is 0 Å². The molecule has 0 N–H and O–H groups in total. The van der Waals surface area contributed by atoms with Crippen LogP contribution in [-0.2, 0) is 9.22 Å². The van der Waals surface area contributed by atoms with E-state index in [-0.39, 0.29) is 10.6 Å². The highest BCUT2D eigenvalue weighted by molar-refractivity contribution is 6.74. The summed E-state index contributed by atoms with van der Waals surface area (Å²) in [6.07, 6.45) is 5.96. The number of carbonyl (C=O) groups excluding carboxylic acids is 1. The highest BCUT2D eigenvalue weighted by atomic mass is 28.4. The van der Waals surface area contributed by atoms with Gasteiger partial charge in [0.05, 0.1) is 5.60 Å². The lowest BCUT2D eigenvalue weighted by molar-refractivity contribution is -0.126. The summed E-state index contributed by atoms with van der Waals surface area (Å²) in [6.45, 7) is 15.1. The fraction of sp³-hybridized carbons (Fsp3) is 0.800. The van der Waals surface area contributed by atoms with Crippen LogP contribution in [0.25, 0.3) is 0 Å². The van der Waals surface area contributed by atoms with E-state index in [0.717, 1.165) is 25.7 Å². The average Bonchev–Trinajstić information content (AvgIpc) is 2.14. The standard InChI is InChI=1S/C15H28O2Si/c1-7-10-15(11-8-9-13(16)12-15)17-18(5,6)14(2,3)4/h7H,1,8-12H2,2-6H3/t15-/m0/s1. The van der Waals surface area contributed by atoms with Gasteiger partial charge in [-0.25, -0.2) is 0 Å². The third-order valence-corrected chi connectivity index (χ3v) is 8.96. The molecule has 0 spiro atoms. The molecule has 1 atom stereocenters. The zero-order valence-corrected chi connectivity index (χ0v) is 13.6. The van der Waals surface area contributed by atoms with E-state index >= 15 is 0 Å². The van der Waals surface area contributed by atoms with E-state index in [2.05, 4.69) is 40.4 Å². The summed E-state index contributed by atoms with van der Waals surface area (Å²) in [5.41, 5.74) is -0.264. The SMILES string of the molecule is C=CC[C@]1(O[Si](C)(C)C(C)(C)C)CCCC(=O)C1. The molecule has 3 heteroatoms. The van der Waals surface area contributed by atoms with Gasteiger partial charge in [0, 0.05) is 12.8 Å². The van der Waals surface area contributed by atoms with Gasteiger partial charge < -0.3 is 4.43 Å². The van der Waals surface area contributed by atoms with Crippen molar-refractivity contribution < 1.29 is 9.22 Å². The van der Waals surface area contributed by atoms with Crippen LogP contribution < -0.4 is 0 Å². The number of ketones is 1. The van der Waals surface area contributed by atoms with Crippen molar-refractivity contribution in [3.8, 4) is 0 Å². The van der Waals surface area contributed by atoms with Gasteiger partial charge in [0.25, 0.3) is 0 Å². The fourth-order valence-electron chi connectivity index (χ4n) is 2.40. The Hall–Kier alpha value is -0.413. The highest BCUT2D eigenvalue weighted by Crippen LogP contribution is 2.43. The summed E-state index contributed by atoms with van der Waals surface area (Å²) in [5.74, 6) is 0.349. The molecule has 0 aromatic heterocycles. The lowest BCUT2D eigenvalue weighted by atomic mass is 9.82. The van der Waals surface area contributed by atoms with Gasteiger partial charge in [0.2, 0.25) is 0 Å². The number of hydrogen-bond acceptors (Lipinski definition) is 2. The molecular weight excluding hydrogens is 240 g/mol. The summed E-state index contributed by atoms with van der Waals surface area (Å²) in [7, 11) is -1.83. The number of carbonyl (C=O) groups is 1. The molecule has 0 saturated heterocycles. The molecule has 1 saturated carbocycles. The van der Waals surface area contributed by atoms with Crippen LogP contribution in [0.5, 0.6) is 0 Å². The highest BCUT2D eigenvalue weighted by Gasteiger charge is 2.45. The van der Waals surface area contributed by atoms with E-state index in [1.165, 1.54) is 0 Å². The minimum atomic E-state index is -1.83. The van der Waals surface area contributed by atoms with Crippen LogP contribution in [0.1, 0.15) is 52.9 Å². The summed E-state index contributed by atoms with van der Waals surface area (Å²) >= 11 is 0. The van der Waals surface area contributed by atoms with Crippen molar-refractivity contribution in [3.05, 3.63) is 12.7 Å². The number of Topliss-reactive ketones (excluding diaryl/α,β-unsaturated/α-hetero) is 1. The monoisotopic (exact) mass is 268 g/mol. The summed E-state index contributed by atoms with van der Waals surface area (Å²) < 4.78 is 6.59. The Balaban J connectivity index is 2.92. The third-order valence-electron chi connectivity index (χ3n) is 4.40. The Labute approximate surface area is 113 Å². The molecule has 0 amide bonds. The first-order valence-electron chi connectivity index (χ1n) is 6.95. The van der Waals surface area contributed by atoms with Crippen molar-refractivity contribution in [2.24, 2.45) is 0 Å². The number of hydrogen-bond donors (Lipinski definition) is 0. The largest absolute Gasteiger partial charge is 0.411 e. The Bertz CT molecular complexity index is 328. The van der Waals surface area contributed by atoms with Gasteiger partial charge in [-0.05, 0) is 37.4 Å². The molecule has 0 aromatic rings. The average molecular weight is 268 g/mol. The molecule has 1 rings (SSSR count). The zero-order chi connectivity index (χ0) is 14.0. The molecule has 0 bridgehead atoms. The van der Waals surface area contributed by atoms with Gasteiger partial charge in [-0.3, -0.25) is 4.79 Å². The maximum Gasteiger partial charge on any atom is 0.192 e. The molecule has 0 radical (unpaired) electrons. The van der Waals surface area contributed by atoms with Gasteiger partial charge in [0.15, 0.2) is 8.32 Å². The molecule has 1 aliphatic carbocycles. The lowest BCUT2D eigenvalue weighted by Crippen LogP contribution is -2.51. The van der Waals surface area contributed by atoms with Crippen LogP contribution >= 0.6 is 0 Å². The maximum atomic E-state index is 11.8. The van der Waals surface area contributed by atoms with Crippen molar-refractivity contribution in [1.82, 2.24) is 0 Å². The first-order valence-corrected chi connectivity index (χ1v) is 9.85. The molecule has 1 aliphatic rings. The van der Waals surface area contributed by atoms with Crippen molar-refractivity contribution >= 4 is 14.1 Å². The van der Waals surface area contributed by atoms with Gasteiger partial charge in [0.1, 0.15) is 5.78 Å². The Morgan fingerprint density at radius 2 is 2.06 bits per heavy atom. The maximum absolute atomic E-state index is 11.8. The first-order chi connectivity index (χ1) is 8.12. The molecule has 2 nitrogen and oxygen atoms in total. The van der Waals surface area contributed by atoms with Crippen molar-refractivity contribution in [3.63, 3.8) is 0 Å². The predicted molar refractivity (Wildman–Crippen MR) is 79.3 cm³/mol. The van der Waals surface area contributed by atoms with E-state index in [9.17, 15) is 4.79 Å². The fourth-order valence-corrected chi connectivity index (χ4v) is 4.05. The van der Waals surface area contributed by atoms with Crippen LogP contribution in [0.4, 0.5) is 0 Å². The molecule has 0 aromatic carbocycles. The summed E-state index contributed by atoms with van der Waals surface area (Å²) in [6, 6.07) is 0. The number of rotatable bonds is 4. The topological polar surface area (TPSA) is 26.3 Å². The third kappa shape index (κ3) is 3.54. The Morgan fingerprint density at radius 1 is 1.44 bits per heavy atom. The zero-order valence-electron chi connectivity index (χ0n) is 12.6. The van der Waals surface area contributed by atoms with E-state index in [4.69, 9.17) is 4.43 Å². The van der Waals surface area contributed by atoms with E-state index < -0.39 is 8.32 Å². The van der Waals surface area contributed by atoms with Gasteiger partial charge in [-0.2, -0.15) is 0 Å². The summed E-state index contributed by atoms with van der Waals surface area (Å²) in [4.78, 5) is 11.8. The van der Waals surface area contributed by atoms with E-state index in [0.29, 0.717) is 12.2 Å². The van der Waals surface area contributed by atoms with E-state index in [1.54, 1.807) is 0 Å². The minimum Gasteiger partial charge on any atom is -0.411 e. The summed E-state index contributed by atoms with van der Waals surface area (Å²) in [5, 5.41) is 0.182. The molecule has 104 valence electrons. The smallest absolute Gasteiger partial charge is 0.192 e. The molecule has 0 heterocycles. The quantitative estimate of drug-likeness (QED) is 0.555. The second-order valence-electron chi connectivity index (χ2n) is 7.11. The Kier molecular flexibility index (Phi) is 4.60. The molecule has 0 aliphatic heterocycles. The van der Waals surface area contributed by atoms with Crippen LogP contribution in [-0.4, -0.2) is 19.7 Å². The minimum absolute atomic E-state index is 0.182. The van der Waals surface area contributed by atoms with Crippen LogP contribution in [0, 0.1) is 0 Å². The molecule has 0 unspecified atom stereocenters. The molecular formula is C15H28O2Si. The first kappa shape index (κ1) is 15.6. The van der Waals surface area contributed by atoms with Crippen molar-refractivity contribution in [2.45, 2.75) is 76.6 Å². The molecule has 1 fully saturated rings. The van der Waals surface area contributed by atoms with Crippen molar-refractivity contribution in [1.29, 1.82) is 0 Å². The van der Waals surface area contributed by atoms with Gasteiger partial charge in [-0.15, -0.1) is 6.58 Å². The van der Waals surface area contributed by atoms with Gasteiger partial charge in [-0.1, -0.05) is 26.8 Å². The van der Waals surface area contributed by atoms with Crippen LogP contribution in [0.15, 0.2) is 12.7 Å². The predicted octanol–water partition coefficient (Wildman–Crippen LogP) is 4.47. The van der Waals surface area contributed by atoms with Gasteiger partial charge >= 0.3 is 0 Å². The second-order valence-corrected chi connectivity index (χ2v) is 11.8. The van der Waals surface area contributed by atoms with Crippen LogP contribution in [0.2, 0.25) is 18.1 Å². The van der Waals surface area contributed by atoms with Crippen molar-refractivity contribution in [2.75, 3.05) is 0 Å². The second kappa shape index (κ2) is 5.30. The Morgan fingerprint density at radius 3 is 2.50 bits per heavy atom. The van der Waals surface area contributed by atoms with E-state index in [1.807, 2.05) is 6.08 Å². The normalized spacial score (nSPS) is 26.2. The molecule has 18 heavy (non-hydrogen) atoms. The lowest BCUT2D eigenvalue weighted by Gasteiger charge is -2.47.